The van der Waals surface area contributed by atoms with Crippen LogP contribution in [-0.2, 0) is 4.79 Å². The number of carbonyl (C=O) groups is 1. The summed E-state index contributed by atoms with van der Waals surface area (Å²) in [5, 5.41) is 37.3. The molecule has 2 aromatic carbocycles. The smallest absolute Gasteiger partial charge is 0.426 e. The predicted octanol–water partition coefficient (Wildman–Crippen LogP) is 1.81. The van der Waals surface area contributed by atoms with Gasteiger partial charge in [0, 0.05) is 4.92 Å². The fraction of sp³-hybridized carbons (Fsp3) is 0.409. The fourth-order valence-corrected chi connectivity index (χ4v) is 4.36. The number of benzene rings is 2. The average molecular weight is 443 g/mol. The summed E-state index contributed by atoms with van der Waals surface area (Å²) in [4.78, 5) is 25.0. The highest BCUT2D eigenvalue weighted by Gasteiger charge is 2.54. The van der Waals surface area contributed by atoms with E-state index in [4.69, 9.17) is 0 Å². The van der Waals surface area contributed by atoms with Crippen LogP contribution in [0.1, 0.15) is 43.4 Å². The summed E-state index contributed by atoms with van der Waals surface area (Å²) in [7, 11) is -1.77. The Morgan fingerprint density at radius 3 is 2.31 bits per heavy atom. The molecule has 0 bridgehead atoms. The van der Waals surface area contributed by atoms with Crippen LogP contribution in [0.15, 0.2) is 54.6 Å². The highest BCUT2D eigenvalue weighted by atomic mass is 19.1. The minimum absolute atomic E-state index is 0.0788. The van der Waals surface area contributed by atoms with Gasteiger partial charge in [0.15, 0.2) is 0 Å². The molecule has 4 N–H and O–H groups in total. The minimum atomic E-state index is -1.77. The summed E-state index contributed by atoms with van der Waals surface area (Å²) in [5.41, 5.74) is 1.10. The molecule has 0 aliphatic carbocycles. The Morgan fingerprint density at radius 2 is 1.78 bits per heavy atom. The summed E-state index contributed by atoms with van der Waals surface area (Å²) in [6, 6.07) is 11.1. The molecule has 3 rings (SSSR count). The molecule has 1 fully saturated rings. The average Bonchev–Trinajstić information content (AvgIpc) is 3.15. The van der Waals surface area contributed by atoms with Crippen LogP contribution >= 0.6 is 0 Å². The first-order chi connectivity index (χ1) is 15.2. The Morgan fingerprint density at radius 1 is 1.16 bits per heavy atom. The highest BCUT2D eigenvalue weighted by Crippen LogP contribution is 2.40. The number of rotatable bonds is 8. The molecule has 5 atom stereocenters. The molecule has 1 aliphatic heterocycles. The molecule has 32 heavy (non-hydrogen) atoms. The van der Waals surface area contributed by atoms with Gasteiger partial charge in [0.25, 0.3) is 0 Å². The maximum absolute atomic E-state index is 13.5. The van der Waals surface area contributed by atoms with Gasteiger partial charge in [-0.15, -0.1) is 0 Å². The zero-order valence-corrected chi connectivity index (χ0v) is 17.9. The van der Waals surface area contributed by atoms with Crippen molar-refractivity contribution in [3.05, 3.63) is 81.7 Å². The number of hydrogen-bond acceptors (Lipinski definition) is 6. The normalized spacial score (nSPS) is 23.7. The summed E-state index contributed by atoms with van der Waals surface area (Å²) in [5.74, 6) is -2.81. The van der Waals surface area contributed by atoms with Crippen molar-refractivity contribution < 1.29 is 24.2 Å². The number of carbonyl (C=O) groups excluding carboxylic acids is 1. The summed E-state index contributed by atoms with van der Waals surface area (Å²) in [6.45, 7) is 3.76. The van der Waals surface area contributed by atoms with E-state index in [1.54, 1.807) is 30.3 Å². The first-order valence-electron chi connectivity index (χ1n) is 10.6. The molecule has 1 saturated heterocycles. The van der Waals surface area contributed by atoms with E-state index in [9.17, 15) is 29.3 Å². The van der Waals surface area contributed by atoms with Crippen LogP contribution in [0.5, 0.6) is 0 Å². The molecule has 1 aliphatic rings. The number of nitrogens with zero attached hydrogens (tertiary/aromatic N) is 1. The van der Waals surface area contributed by atoms with E-state index in [2.05, 4.69) is 10.6 Å². The third kappa shape index (κ3) is 5.32. The first kappa shape index (κ1) is 23.8. The van der Waals surface area contributed by atoms with E-state index in [0.717, 1.165) is 0 Å². The Kier molecular flexibility index (Phi) is 7.60. The molecule has 0 unspecified atom stereocenters. The number of nitrogens with one attached hydrogen (secondary N) is 2. The summed E-state index contributed by atoms with van der Waals surface area (Å²) in [6.07, 6.45) is 0.318. The van der Waals surface area contributed by atoms with Crippen molar-refractivity contribution in [2.75, 3.05) is 0 Å². The summed E-state index contributed by atoms with van der Waals surface area (Å²) < 4.78 is 13.5. The number of halogens is 1. The van der Waals surface area contributed by atoms with Gasteiger partial charge in [-0.1, -0.05) is 56.3 Å². The Labute approximate surface area is 186 Å². The largest absolute Gasteiger partial charge is 0.475 e. The van der Waals surface area contributed by atoms with E-state index >= 15 is 0 Å². The zero-order valence-electron chi connectivity index (χ0n) is 17.9. The van der Waals surface area contributed by atoms with Crippen LogP contribution < -0.4 is 10.6 Å². The van der Waals surface area contributed by atoms with E-state index in [1.807, 2.05) is 13.8 Å². The highest BCUT2D eigenvalue weighted by molar-refractivity contribution is 6.43. The maximum atomic E-state index is 13.5. The van der Waals surface area contributed by atoms with E-state index in [0.29, 0.717) is 17.5 Å². The molecule has 8 nitrogen and oxygen atoms in total. The molecular weight excluding hydrogens is 416 g/mol. The van der Waals surface area contributed by atoms with Crippen LogP contribution in [0.4, 0.5) is 4.39 Å². The van der Waals surface area contributed by atoms with Crippen LogP contribution in [0.3, 0.4) is 0 Å². The second kappa shape index (κ2) is 10.2. The lowest BCUT2D eigenvalue weighted by Crippen LogP contribution is -2.53. The van der Waals surface area contributed by atoms with Crippen molar-refractivity contribution in [1.82, 2.24) is 10.6 Å². The Balaban J connectivity index is 2.00. The minimum Gasteiger partial charge on any atom is -0.426 e. The third-order valence-corrected chi connectivity index (χ3v) is 5.78. The summed E-state index contributed by atoms with van der Waals surface area (Å²) >= 11 is 0. The van der Waals surface area contributed by atoms with Crippen molar-refractivity contribution >= 4 is 13.0 Å². The Hall–Kier alpha value is -2.82. The predicted molar refractivity (Wildman–Crippen MR) is 118 cm³/mol. The van der Waals surface area contributed by atoms with Crippen molar-refractivity contribution in [2.24, 2.45) is 5.92 Å². The van der Waals surface area contributed by atoms with Gasteiger partial charge in [0.1, 0.15) is 17.9 Å². The fourth-order valence-electron chi connectivity index (χ4n) is 4.36. The van der Waals surface area contributed by atoms with E-state index in [-0.39, 0.29) is 5.92 Å². The molecule has 1 amide bonds. The number of hydrogen-bond donors (Lipinski definition) is 4. The van der Waals surface area contributed by atoms with Gasteiger partial charge < -0.3 is 15.4 Å². The second-order valence-corrected chi connectivity index (χ2v) is 8.54. The Bertz CT molecular complexity index is 929. The van der Waals surface area contributed by atoms with E-state index < -0.39 is 53.8 Å². The monoisotopic (exact) mass is 443 g/mol. The van der Waals surface area contributed by atoms with Crippen LogP contribution in [-0.4, -0.2) is 46.0 Å². The molecule has 2 aromatic rings. The molecule has 0 saturated carbocycles. The van der Waals surface area contributed by atoms with Gasteiger partial charge in [0.2, 0.25) is 11.9 Å². The molecule has 0 radical (unpaired) electrons. The molecule has 1 heterocycles. The van der Waals surface area contributed by atoms with Gasteiger partial charge in [-0.05, 0) is 35.6 Å². The van der Waals surface area contributed by atoms with Crippen molar-refractivity contribution in [1.29, 1.82) is 0 Å². The lowest BCUT2D eigenvalue weighted by molar-refractivity contribution is -0.527. The van der Waals surface area contributed by atoms with Gasteiger partial charge in [-0.3, -0.25) is 20.2 Å². The molecular formula is C22H27BFN3O5. The van der Waals surface area contributed by atoms with Gasteiger partial charge in [0.05, 0.1) is 11.9 Å². The van der Waals surface area contributed by atoms with Crippen molar-refractivity contribution in [3.63, 3.8) is 0 Å². The maximum Gasteiger partial charge on any atom is 0.475 e. The number of nitro groups is 1. The quantitative estimate of drug-likeness (QED) is 0.280. The van der Waals surface area contributed by atoms with Crippen LogP contribution in [0, 0.1) is 21.8 Å². The molecule has 0 spiro atoms. The second-order valence-electron chi connectivity index (χ2n) is 8.54. The van der Waals surface area contributed by atoms with E-state index in [1.165, 1.54) is 24.3 Å². The topological polar surface area (TPSA) is 125 Å². The lowest BCUT2D eigenvalue weighted by Gasteiger charge is -2.24. The van der Waals surface area contributed by atoms with Crippen LogP contribution in [0.25, 0.3) is 0 Å². The standard InChI is InChI=1S/C22H27BFN3O5/c1-13(2)12-17(23(29)30)25-22(28)20-18(14-8-10-16(24)11-9-14)21(27(31)32)19(26-20)15-6-4-3-5-7-15/h3-11,13,17-21,26,29-30H,12H2,1-2H3,(H,25,28)/t17-,18+,19+,20+,21-/m0/s1. The first-order valence-corrected chi connectivity index (χ1v) is 10.6. The van der Waals surface area contributed by atoms with Gasteiger partial charge >= 0.3 is 7.12 Å². The molecule has 10 heteroatoms. The molecule has 170 valence electrons. The zero-order chi connectivity index (χ0) is 23.4. The molecule has 0 aromatic heterocycles. The van der Waals surface area contributed by atoms with Crippen molar-refractivity contribution in [3.8, 4) is 0 Å². The van der Waals surface area contributed by atoms with Crippen LogP contribution in [0.2, 0.25) is 0 Å². The SMILES string of the molecule is CC(C)C[C@H](NC(=O)[C@@H]1N[C@H](c2ccccc2)[C@@H]([N+](=O)[O-])[C@@H]1c1ccc(F)cc1)B(O)O. The van der Waals surface area contributed by atoms with Gasteiger partial charge in [-0.2, -0.15) is 0 Å². The van der Waals surface area contributed by atoms with Crippen molar-refractivity contribution in [2.45, 2.75) is 50.3 Å². The van der Waals surface area contributed by atoms with Gasteiger partial charge in [-0.25, -0.2) is 4.39 Å². The number of amides is 1. The lowest BCUT2D eigenvalue weighted by atomic mass is 9.74. The third-order valence-electron chi connectivity index (χ3n) is 5.78.